The molecule has 0 saturated heterocycles. The maximum Gasteiger partial charge on any atom is 0.417 e. The van der Waals surface area contributed by atoms with Gasteiger partial charge in [0.25, 0.3) is 11.3 Å². The second kappa shape index (κ2) is 7.88. The molecular formula is C20H14ClF3N5O2+. The van der Waals surface area contributed by atoms with Gasteiger partial charge in [0.1, 0.15) is 17.5 Å². The Hall–Kier alpha value is -3.66. The first-order valence-corrected chi connectivity index (χ1v) is 9.29. The lowest BCUT2D eigenvalue weighted by Crippen LogP contribution is -2.33. The highest BCUT2D eigenvalue weighted by Gasteiger charge is 2.32. The van der Waals surface area contributed by atoms with Gasteiger partial charge in [-0.3, -0.25) is 4.79 Å². The molecule has 4 heterocycles. The molecule has 31 heavy (non-hydrogen) atoms. The van der Waals surface area contributed by atoms with Gasteiger partial charge in [0, 0.05) is 24.0 Å². The highest BCUT2D eigenvalue weighted by molar-refractivity contribution is 6.29. The van der Waals surface area contributed by atoms with E-state index in [1.807, 2.05) is 0 Å². The fraction of sp³-hybridized carbons (Fsp3) is 0.100. The van der Waals surface area contributed by atoms with E-state index in [9.17, 15) is 23.1 Å². The number of pyridine rings is 3. The number of halogens is 4. The minimum Gasteiger partial charge on any atom is -0.474 e. The lowest BCUT2D eigenvalue weighted by Gasteiger charge is -2.07. The Balaban J connectivity index is 1.68. The molecule has 0 spiro atoms. The summed E-state index contributed by atoms with van der Waals surface area (Å²) in [6.45, 7) is 0.204. The summed E-state index contributed by atoms with van der Waals surface area (Å²) in [5.74, 6) is -1.15. The molecule has 0 bridgehead atoms. The van der Waals surface area contributed by atoms with Crippen molar-refractivity contribution in [1.82, 2.24) is 14.4 Å². The summed E-state index contributed by atoms with van der Waals surface area (Å²) in [7, 11) is 0. The van der Waals surface area contributed by atoms with Crippen LogP contribution in [0.5, 0.6) is 5.88 Å². The molecule has 0 aliphatic heterocycles. The summed E-state index contributed by atoms with van der Waals surface area (Å²) in [5, 5.41) is 13.5. The summed E-state index contributed by atoms with van der Waals surface area (Å²) < 4.78 is 41.1. The molecule has 1 amide bonds. The third-order valence-corrected chi connectivity index (χ3v) is 4.72. The van der Waals surface area contributed by atoms with E-state index in [1.54, 1.807) is 42.7 Å². The molecule has 0 radical (unpaired) electrons. The number of nitrogens with zero attached hydrogens (tertiary/aromatic N) is 4. The third kappa shape index (κ3) is 4.15. The molecule has 0 fully saturated rings. The molecule has 158 valence electrons. The maximum absolute atomic E-state index is 12.8. The number of carbonyl (C=O) groups is 1. The Bertz CT molecular complexity index is 1260. The summed E-state index contributed by atoms with van der Waals surface area (Å²) >= 11 is 5.81. The Labute approximate surface area is 178 Å². The van der Waals surface area contributed by atoms with Crippen LogP contribution in [-0.2, 0) is 12.7 Å². The molecule has 7 nitrogen and oxygen atoms in total. The molecule has 2 N–H and O–H groups in total. The number of nitrogens with one attached hydrogen (secondary N) is 1. The lowest BCUT2D eigenvalue weighted by atomic mass is 10.2. The number of anilines is 1. The number of rotatable bonds is 4. The molecule has 0 atom stereocenters. The zero-order valence-corrected chi connectivity index (χ0v) is 16.4. The predicted octanol–water partition coefficient (Wildman–Crippen LogP) is 3.70. The van der Waals surface area contributed by atoms with E-state index in [0.29, 0.717) is 17.0 Å². The number of imidazole rings is 1. The first kappa shape index (κ1) is 20.6. The minimum absolute atomic E-state index is 0.0864. The number of amides is 1. The van der Waals surface area contributed by atoms with E-state index in [-0.39, 0.29) is 23.9 Å². The van der Waals surface area contributed by atoms with Gasteiger partial charge in [0.2, 0.25) is 0 Å². The van der Waals surface area contributed by atoms with Crippen molar-refractivity contribution in [2.75, 3.05) is 5.32 Å². The van der Waals surface area contributed by atoms with E-state index in [2.05, 4.69) is 15.3 Å². The van der Waals surface area contributed by atoms with Crippen LogP contribution in [0.15, 0.2) is 61.1 Å². The van der Waals surface area contributed by atoms with Crippen LogP contribution in [0.3, 0.4) is 0 Å². The molecule has 0 unspecified atom stereocenters. The van der Waals surface area contributed by atoms with Crippen LogP contribution in [0.1, 0.15) is 21.6 Å². The van der Waals surface area contributed by atoms with Crippen LogP contribution >= 0.6 is 11.6 Å². The monoisotopic (exact) mass is 448 g/mol. The number of hydrogen-bond acceptors (Lipinski definition) is 4. The second-order valence-corrected chi connectivity index (χ2v) is 6.95. The van der Waals surface area contributed by atoms with Crippen LogP contribution in [0.2, 0.25) is 5.15 Å². The van der Waals surface area contributed by atoms with Crippen LogP contribution in [0.4, 0.5) is 19.0 Å². The molecule has 0 aliphatic rings. The molecule has 11 heteroatoms. The summed E-state index contributed by atoms with van der Waals surface area (Å²) in [5.41, 5.74) is 0.216. The van der Waals surface area contributed by atoms with E-state index < -0.39 is 17.6 Å². The van der Waals surface area contributed by atoms with Crippen LogP contribution < -0.4 is 9.88 Å². The van der Waals surface area contributed by atoms with Crippen LogP contribution in [-0.4, -0.2) is 25.4 Å². The van der Waals surface area contributed by atoms with E-state index in [4.69, 9.17) is 11.6 Å². The quantitative estimate of drug-likeness (QED) is 0.368. The standard InChI is InChI=1S/C20H13ClF3N5O2/c21-14-6-4-12(9-25-14)11-29-16-3-1-2-8-28(16)17(19(29)31)18(30)27-15-7-5-13(10-26-15)20(22,23)24/h1-10H,11H2,(H-,26,27,30,31)/p+1. The van der Waals surface area contributed by atoms with Gasteiger partial charge < -0.3 is 10.4 Å². The highest BCUT2D eigenvalue weighted by Crippen LogP contribution is 2.29. The molecule has 4 rings (SSSR count). The van der Waals surface area contributed by atoms with Crippen molar-refractivity contribution in [3.63, 3.8) is 0 Å². The van der Waals surface area contributed by atoms with Crippen molar-refractivity contribution in [2.24, 2.45) is 0 Å². The predicted molar refractivity (Wildman–Crippen MR) is 105 cm³/mol. The van der Waals surface area contributed by atoms with Crippen LogP contribution in [0, 0.1) is 0 Å². The fourth-order valence-electron chi connectivity index (χ4n) is 3.05. The second-order valence-electron chi connectivity index (χ2n) is 6.56. The topological polar surface area (TPSA) is 83.4 Å². The largest absolute Gasteiger partial charge is 0.474 e. The van der Waals surface area contributed by atoms with Crippen molar-refractivity contribution in [3.8, 4) is 5.88 Å². The molecular weight excluding hydrogens is 435 g/mol. The number of hydrogen-bond donors (Lipinski definition) is 2. The van der Waals surface area contributed by atoms with E-state index >= 15 is 0 Å². The first-order chi connectivity index (χ1) is 14.7. The Morgan fingerprint density at radius 1 is 1.13 bits per heavy atom. The Morgan fingerprint density at radius 3 is 2.58 bits per heavy atom. The molecule has 4 aromatic heterocycles. The van der Waals surface area contributed by atoms with Gasteiger partial charge in [-0.25, -0.2) is 9.97 Å². The van der Waals surface area contributed by atoms with Gasteiger partial charge in [-0.2, -0.15) is 22.1 Å². The van der Waals surface area contributed by atoms with Crippen molar-refractivity contribution in [2.45, 2.75) is 12.7 Å². The lowest BCUT2D eigenvalue weighted by molar-refractivity contribution is -0.668. The van der Waals surface area contributed by atoms with Gasteiger partial charge in [0.15, 0.2) is 0 Å². The smallest absolute Gasteiger partial charge is 0.417 e. The average molecular weight is 449 g/mol. The van der Waals surface area contributed by atoms with Gasteiger partial charge in [-0.15, -0.1) is 0 Å². The Kier molecular flexibility index (Phi) is 5.24. The minimum atomic E-state index is -4.53. The number of carbonyl (C=O) groups excluding carboxylic acids is 1. The number of aromatic nitrogens is 4. The van der Waals surface area contributed by atoms with E-state index in [1.165, 1.54) is 8.97 Å². The molecule has 0 saturated carbocycles. The average Bonchev–Trinajstić information content (AvgIpc) is 3.01. The summed E-state index contributed by atoms with van der Waals surface area (Å²) in [4.78, 5) is 20.5. The molecule has 4 aromatic rings. The summed E-state index contributed by atoms with van der Waals surface area (Å²) in [6.07, 6.45) is -0.777. The zero-order chi connectivity index (χ0) is 22.2. The number of aromatic hydroxyl groups is 1. The fourth-order valence-corrected chi connectivity index (χ4v) is 3.16. The van der Waals surface area contributed by atoms with Gasteiger partial charge in [0.05, 0.1) is 11.8 Å². The van der Waals surface area contributed by atoms with Crippen LogP contribution in [0.25, 0.3) is 5.65 Å². The first-order valence-electron chi connectivity index (χ1n) is 8.91. The normalized spacial score (nSPS) is 11.6. The molecule has 0 aromatic carbocycles. The number of fused-ring (bicyclic) bond motifs is 1. The number of alkyl halides is 3. The maximum atomic E-state index is 12.8. The highest BCUT2D eigenvalue weighted by atomic mass is 35.5. The summed E-state index contributed by atoms with van der Waals surface area (Å²) in [6, 6.07) is 10.3. The van der Waals surface area contributed by atoms with Gasteiger partial charge in [-0.05, 0) is 24.3 Å². The van der Waals surface area contributed by atoms with Crippen molar-refractivity contribution in [3.05, 3.63) is 83.0 Å². The SMILES string of the molecule is O=C(Nc1ccc(C(F)(F)F)cn1)c1c(O)[n+](Cc2ccc(Cl)nc2)c2ccccn12. The van der Waals surface area contributed by atoms with Crippen molar-refractivity contribution >= 4 is 29.0 Å². The van der Waals surface area contributed by atoms with E-state index in [0.717, 1.165) is 17.7 Å². The zero-order valence-electron chi connectivity index (χ0n) is 15.6. The molecule has 0 aliphatic carbocycles. The van der Waals surface area contributed by atoms with Crippen molar-refractivity contribution < 1.29 is 27.6 Å². The Morgan fingerprint density at radius 2 is 1.94 bits per heavy atom. The third-order valence-electron chi connectivity index (χ3n) is 4.50. The van der Waals surface area contributed by atoms with Crippen molar-refractivity contribution in [1.29, 1.82) is 0 Å². The van der Waals surface area contributed by atoms with Gasteiger partial charge >= 0.3 is 18.0 Å². The van der Waals surface area contributed by atoms with Gasteiger partial charge in [-0.1, -0.05) is 23.7 Å².